The van der Waals surface area contributed by atoms with Crippen LogP contribution in [0.5, 0.6) is 0 Å². The van der Waals surface area contributed by atoms with Crippen LogP contribution in [0.4, 0.5) is 0 Å². The molecule has 0 aliphatic carbocycles. The Morgan fingerprint density at radius 1 is 0.280 bits per heavy atom. The topological polar surface area (TPSA) is 237 Å². The highest BCUT2D eigenvalue weighted by Crippen LogP contribution is 2.45. The first-order valence-electron chi connectivity index (χ1n) is 41.7. The van der Waals surface area contributed by atoms with Gasteiger partial charge in [-0.25, -0.2) is 9.13 Å². The Balaban J connectivity index is 5.18. The van der Waals surface area contributed by atoms with Crippen LogP contribution in [0.1, 0.15) is 415 Å². The average Bonchev–Trinajstić information content (AvgIpc) is 0.918. The molecule has 0 fully saturated rings. The van der Waals surface area contributed by atoms with Crippen molar-refractivity contribution in [3.63, 3.8) is 0 Å². The first-order chi connectivity index (χ1) is 48.1. The maximum absolute atomic E-state index is 13.1. The Morgan fingerprint density at radius 3 is 0.710 bits per heavy atom. The molecule has 0 rings (SSSR count). The average molecular weight is 1470 g/mol. The van der Waals surface area contributed by atoms with Gasteiger partial charge in [-0.2, -0.15) is 0 Å². The summed E-state index contributed by atoms with van der Waals surface area (Å²) in [5.74, 6) is 0.958. The quantitative estimate of drug-likeness (QED) is 0.0222. The van der Waals surface area contributed by atoms with Crippen molar-refractivity contribution in [2.24, 2.45) is 23.7 Å². The Morgan fingerprint density at radius 2 is 0.480 bits per heavy atom. The largest absolute Gasteiger partial charge is 0.472 e. The van der Waals surface area contributed by atoms with Crippen LogP contribution < -0.4 is 0 Å². The first kappa shape index (κ1) is 98.1. The second kappa shape index (κ2) is 70.1. The van der Waals surface area contributed by atoms with E-state index in [2.05, 4.69) is 55.4 Å². The van der Waals surface area contributed by atoms with E-state index < -0.39 is 97.5 Å². The molecule has 0 radical (unpaired) electrons. The summed E-state index contributed by atoms with van der Waals surface area (Å²) in [6.07, 6.45) is 57.2. The second-order valence-electron chi connectivity index (χ2n) is 30.8. The summed E-state index contributed by atoms with van der Waals surface area (Å²) in [7, 11) is -9.92. The van der Waals surface area contributed by atoms with Crippen molar-refractivity contribution in [2.75, 3.05) is 39.6 Å². The number of phosphoric ester groups is 2. The third-order valence-electron chi connectivity index (χ3n) is 19.2. The van der Waals surface area contributed by atoms with Gasteiger partial charge in [0, 0.05) is 25.7 Å². The van der Waals surface area contributed by atoms with Gasteiger partial charge in [0.05, 0.1) is 26.4 Å². The van der Waals surface area contributed by atoms with Crippen LogP contribution in [0.2, 0.25) is 0 Å². The number of phosphoric acid groups is 2. The van der Waals surface area contributed by atoms with Crippen LogP contribution in [-0.4, -0.2) is 96.7 Å². The van der Waals surface area contributed by atoms with Crippen molar-refractivity contribution in [3.05, 3.63) is 0 Å². The second-order valence-corrected chi connectivity index (χ2v) is 33.7. The van der Waals surface area contributed by atoms with Gasteiger partial charge in [0.15, 0.2) is 12.2 Å². The summed E-state index contributed by atoms with van der Waals surface area (Å²) in [4.78, 5) is 72.9. The molecule has 0 aromatic rings. The smallest absolute Gasteiger partial charge is 0.462 e. The van der Waals surface area contributed by atoms with Crippen LogP contribution >= 0.6 is 15.6 Å². The Hall–Kier alpha value is -1.94. The molecule has 6 atom stereocenters. The molecule has 0 saturated heterocycles. The summed E-state index contributed by atoms with van der Waals surface area (Å²) in [6.45, 7) is 14.2. The van der Waals surface area contributed by atoms with Crippen molar-refractivity contribution in [3.8, 4) is 0 Å². The highest BCUT2D eigenvalue weighted by atomic mass is 31.2. The Labute approximate surface area is 613 Å². The van der Waals surface area contributed by atoms with Gasteiger partial charge in [-0.15, -0.1) is 0 Å². The van der Waals surface area contributed by atoms with Gasteiger partial charge in [-0.05, 0) is 49.4 Å². The molecular weight excluding hydrogens is 1310 g/mol. The van der Waals surface area contributed by atoms with Crippen molar-refractivity contribution in [1.82, 2.24) is 0 Å². The minimum Gasteiger partial charge on any atom is -0.462 e. The van der Waals surface area contributed by atoms with Crippen molar-refractivity contribution >= 4 is 39.5 Å². The number of aliphatic hydroxyl groups is 1. The lowest BCUT2D eigenvalue weighted by molar-refractivity contribution is -0.161. The van der Waals surface area contributed by atoms with Gasteiger partial charge in [0.25, 0.3) is 0 Å². The zero-order valence-corrected chi connectivity index (χ0v) is 67.6. The van der Waals surface area contributed by atoms with Crippen LogP contribution in [0.25, 0.3) is 0 Å². The fourth-order valence-electron chi connectivity index (χ4n) is 12.4. The van der Waals surface area contributed by atoms with Crippen molar-refractivity contribution < 1.29 is 80.2 Å². The van der Waals surface area contributed by atoms with Crippen LogP contribution in [0.3, 0.4) is 0 Å². The van der Waals surface area contributed by atoms with Gasteiger partial charge in [0.1, 0.15) is 19.3 Å². The monoisotopic (exact) mass is 1470 g/mol. The van der Waals surface area contributed by atoms with Crippen molar-refractivity contribution in [2.45, 2.75) is 433 Å². The molecule has 0 spiro atoms. The number of carbonyl (C=O) groups is 4. The van der Waals surface area contributed by atoms with E-state index in [-0.39, 0.29) is 25.7 Å². The summed E-state index contributed by atoms with van der Waals surface area (Å²) in [6, 6.07) is 0. The van der Waals surface area contributed by atoms with Crippen LogP contribution in [0, 0.1) is 23.7 Å². The van der Waals surface area contributed by atoms with E-state index >= 15 is 0 Å². The maximum Gasteiger partial charge on any atom is 0.472 e. The molecule has 0 bridgehead atoms. The lowest BCUT2D eigenvalue weighted by Crippen LogP contribution is -2.30. The van der Waals surface area contributed by atoms with Crippen molar-refractivity contribution in [1.29, 1.82) is 0 Å². The Bertz CT molecular complexity index is 1960. The highest BCUT2D eigenvalue weighted by molar-refractivity contribution is 7.47. The summed E-state index contributed by atoms with van der Waals surface area (Å²) >= 11 is 0. The third-order valence-corrected chi connectivity index (χ3v) is 21.1. The molecular formula is C81H158O17P2. The van der Waals surface area contributed by atoms with Crippen LogP contribution in [0.15, 0.2) is 0 Å². The number of carbonyl (C=O) groups excluding carboxylic acids is 4. The predicted molar refractivity (Wildman–Crippen MR) is 409 cm³/mol. The molecule has 4 unspecified atom stereocenters. The van der Waals surface area contributed by atoms with Gasteiger partial charge in [-0.3, -0.25) is 37.3 Å². The number of unbranched alkanes of at least 4 members (excludes halogenated alkanes) is 43. The minimum atomic E-state index is -4.96. The fourth-order valence-corrected chi connectivity index (χ4v) is 14.0. The number of rotatable bonds is 78. The molecule has 0 aromatic carbocycles. The molecule has 3 N–H and O–H groups in total. The SMILES string of the molecule is CCC(C)CCCCCCCCCCCCCCCCCCCCC(=O)OC[C@H](COP(=O)(O)OCC(O)COP(=O)(O)OC[C@@H](COC(=O)CCCCCCCCCC(C)C)OC(=O)CCCCCCCCCC(C)C)OC(=O)CCCCCCCCCCCCCCCCCC(C)C. The van der Waals surface area contributed by atoms with E-state index in [9.17, 15) is 43.2 Å². The van der Waals surface area contributed by atoms with E-state index in [1.54, 1.807) is 0 Å². The summed E-state index contributed by atoms with van der Waals surface area (Å²) in [5, 5.41) is 10.6. The number of ether oxygens (including phenoxy) is 4. The maximum atomic E-state index is 13.1. The molecule has 0 aliphatic rings. The molecule has 0 heterocycles. The number of hydrogen-bond acceptors (Lipinski definition) is 15. The minimum absolute atomic E-state index is 0.103. The summed E-state index contributed by atoms with van der Waals surface area (Å²) < 4.78 is 68.6. The molecule has 0 aromatic heterocycles. The van der Waals surface area contributed by atoms with E-state index in [0.717, 1.165) is 108 Å². The first-order valence-corrected chi connectivity index (χ1v) is 44.7. The fraction of sp³-hybridized carbons (Fsp3) is 0.951. The predicted octanol–water partition coefficient (Wildman–Crippen LogP) is 24.0. The zero-order valence-electron chi connectivity index (χ0n) is 65.8. The van der Waals surface area contributed by atoms with E-state index in [0.29, 0.717) is 37.5 Å². The van der Waals surface area contributed by atoms with E-state index in [4.69, 9.17) is 37.0 Å². The zero-order chi connectivity index (χ0) is 73.8. The van der Waals surface area contributed by atoms with E-state index in [1.165, 1.54) is 212 Å². The van der Waals surface area contributed by atoms with Gasteiger partial charge in [-0.1, -0.05) is 364 Å². The highest BCUT2D eigenvalue weighted by Gasteiger charge is 2.30. The molecule has 594 valence electrons. The molecule has 0 amide bonds. The number of hydrogen-bond donors (Lipinski definition) is 3. The normalized spacial score (nSPS) is 14.3. The molecule has 0 saturated carbocycles. The molecule has 17 nitrogen and oxygen atoms in total. The van der Waals surface area contributed by atoms with Gasteiger partial charge >= 0.3 is 39.5 Å². The molecule has 100 heavy (non-hydrogen) atoms. The van der Waals surface area contributed by atoms with Gasteiger partial charge < -0.3 is 33.8 Å². The molecule has 19 heteroatoms. The number of aliphatic hydroxyl groups excluding tert-OH is 1. The molecule has 0 aliphatic heterocycles. The Kier molecular flexibility index (Phi) is 68.7. The number of esters is 4. The standard InChI is InChI=1S/C81H158O17P2/c1-9-74(8)60-52-44-36-28-24-20-16-12-10-11-13-17-21-25-29-37-45-53-61-78(83)91-67-76(97-80(85)63-55-47-38-30-26-22-18-14-15-19-23-27-33-41-49-57-71(2)3)69-95-99(87,88)93-65-75(82)66-94-100(89,90)96-70-77(98-81(86)64-56-48-40-32-35-43-51-59-73(6)7)68-92-79(84)62-54-46-39-31-34-42-50-58-72(4)5/h71-77,82H,9-70H2,1-8H3,(H,87,88)(H,89,90)/t74?,75?,76-,77-/m1/s1. The lowest BCUT2D eigenvalue weighted by atomic mass is 9.99. The lowest BCUT2D eigenvalue weighted by Gasteiger charge is -2.21. The van der Waals surface area contributed by atoms with E-state index in [1.807, 2.05) is 0 Å². The van der Waals surface area contributed by atoms with Crippen LogP contribution in [-0.2, 0) is 65.4 Å². The summed E-state index contributed by atoms with van der Waals surface area (Å²) in [5.41, 5.74) is 0. The third kappa shape index (κ3) is 73.0. The van der Waals surface area contributed by atoms with Gasteiger partial charge in [0.2, 0.25) is 0 Å².